The van der Waals surface area contributed by atoms with Crippen molar-refractivity contribution in [3.05, 3.63) is 35.9 Å². The molecule has 1 aromatic carbocycles. The molecule has 0 unspecified atom stereocenters. The Balaban J connectivity index is 0.000000624. The number of aliphatic carboxylic acids is 4. The van der Waals surface area contributed by atoms with Crippen LogP contribution in [-0.2, 0) is 44.8 Å². The Morgan fingerprint density at radius 3 is 1.77 bits per heavy atom. The number of amides is 4. The molecule has 0 aromatic heterocycles. The van der Waals surface area contributed by atoms with Gasteiger partial charge in [0.25, 0.3) is 5.91 Å². The average molecular weight is 880 g/mol. The van der Waals surface area contributed by atoms with Gasteiger partial charge >= 0.3 is 23.9 Å². The summed E-state index contributed by atoms with van der Waals surface area (Å²) >= 11 is 0. The van der Waals surface area contributed by atoms with Gasteiger partial charge in [-0.1, -0.05) is 78.3 Å². The molecule has 1 aliphatic rings. The number of benzene rings is 1. The van der Waals surface area contributed by atoms with Crippen LogP contribution in [0.4, 0.5) is 0 Å². The van der Waals surface area contributed by atoms with Gasteiger partial charge in [0.05, 0.1) is 12.5 Å². The van der Waals surface area contributed by atoms with Gasteiger partial charge < -0.3 is 57.9 Å². The topological polar surface area (TPSA) is 341 Å². The summed E-state index contributed by atoms with van der Waals surface area (Å²) < 4.78 is 0. The number of carboxylic acid groups (broad SMARTS) is 4. The van der Waals surface area contributed by atoms with Crippen molar-refractivity contribution in [2.45, 2.75) is 148 Å². The second kappa shape index (κ2) is 27.7. The SMILES string of the molecule is CC(C)C[C@@H](N)[C@H](O)C(=O)N[C@H](C(=O)N[C@H](C(=O)N[C@@H](CC(=O)O)C(=O)O)C(C)C)C(C)C.NCCCC[C@H](N[C@@H](CCc1ccccc1)C(=O)O)C(=O)N1CCC[C@H]1C(=O)O. The van der Waals surface area contributed by atoms with Crippen LogP contribution in [0, 0.1) is 17.8 Å². The van der Waals surface area contributed by atoms with Crippen molar-refractivity contribution in [3.63, 3.8) is 0 Å². The van der Waals surface area contributed by atoms with Gasteiger partial charge in [-0.3, -0.25) is 34.1 Å². The van der Waals surface area contributed by atoms with Crippen LogP contribution in [0.2, 0.25) is 0 Å². The Morgan fingerprint density at radius 1 is 0.742 bits per heavy atom. The van der Waals surface area contributed by atoms with E-state index in [0.29, 0.717) is 58.0 Å². The van der Waals surface area contributed by atoms with Crippen LogP contribution in [0.5, 0.6) is 0 Å². The lowest BCUT2D eigenvalue weighted by atomic mass is 9.97. The van der Waals surface area contributed by atoms with Crippen LogP contribution in [-0.4, -0.2) is 139 Å². The number of aryl methyl sites for hydroxylation is 1. The summed E-state index contributed by atoms with van der Waals surface area (Å²) in [5.41, 5.74) is 12.4. The largest absolute Gasteiger partial charge is 0.481 e. The van der Waals surface area contributed by atoms with E-state index in [-0.39, 0.29) is 11.8 Å². The lowest BCUT2D eigenvalue weighted by Gasteiger charge is -2.29. The van der Waals surface area contributed by atoms with Crippen LogP contribution < -0.4 is 32.7 Å². The predicted octanol–water partition coefficient (Wildman–Crippen LogP) is 0.282. The summed E-state index contributed by atoms with van der Waals surface area (Å²) in [6.07, 6.45) is 1.79. The molecule has 0 radical (unpaired) electrons. The van der Waals surface area contributed by atoms with Gasteiger partial charge in [-0.15, -0.1) is 0 Å². The second-order valence-corrected chi connectivity index (χ2v) is 16.6. The third kappa shape index (κ3) is 19.3. The number of unbranched alkanes of at least 4 members (excludes halogenated alkanes) is 1. The number of nitrogens with one attached hydrogen (secondary N) is 4. The standard InChI is InChI=1S/C21H38N4O8.C21H31N3O5/c1-9(2)7-12(22)17(28)20(31)25-16(11(5)6)19(30)24-15(10(3)4)18(29)23-13(21(32)33)8-14(26)27;22-13-5-4-9-16(19(25)24-14-6-10-18(24)21(28)29)23-17(20(26)27)12-11-15-7-2-1-3-8-15/h9-13,15-17,28H,7-8,22H2,1-6H3,(H,23,29)(H,24,30)(H,25,31)(H,26,27)(H,32,33);1-3,7-8,16-18,23H,4-6,9-14,22H2,(H,26,27)(H,28,29)/t12-,13+,15+,16+,17+;16-,17-,18-/m10/s1. The van der Waals surface area contributed by atoms with E-state index in [1.165, 1.54) is 4.90 Å². The Hall–Kier alpha value is -5.18. The van der Waals surface area contributed by atoms with Gasteiger partial charge in [-0.2, -0.15) is 0 Å². The van der Waals surface area contributed by atoms with Gasteiger partial charge in [-0.05, 0) is 74.8 Å². The summed E-state index contributed by atoms with van der Waals surface area (Å²) in [6.45, 7) is 11.2. The first kappa shape index (κ1) is 54.8. The van der Waals surface area contributed by atoms with E-state index in [9.17, 15) is 53.7 Å². The summed E-state index contributed by atoms with van der Waals surface area (Å²) in [5.74, 6) is -8.49. The number of rotatable bonds is 26. The number of likely N-dealkylation sites (tertiary alicyclic amines) is 1. The second-order valence-electron chi connectivity index (χ2n) is 16.6. The zero-order valence-electron chi connectivity index (χ0n) is 36.6. The fraction of sp³-hybridized carbons (Fsp3) is 0.667. The molecule has 13 N–H and O–H groups in total. The molecule has 1 fully saturated rings. The van der Waals surface area contributed by atoms with Gasteiger partial charge in [0.15, 0.2) is 0 Å². The molecule has 0 aliphatic carbocycles. The van der Waals surface area contributed by atoms with Crippen LogP contribution in [0.1, 0.15) is 98.5 Å². The highest BCUT2D eigenvalue weighted by Gasteiger charge is 2.38. The third-order valence-electron chi connectivity index (χ3n) is 10.2. The van der Waals surface area contributed by atoms with E-state index in [4.69, 9.17) is 21.7 Å². The summed E-state index contributed by atoms with van der Waals surface area (Å²) in [6, 6.07) is 2.30. The molecular weight excluding hydrogens is 810 g/mol. The smallest absolute Gasteiger partial charge is 0.326 e. The number of aliphatic hydroxyl groups excluding tert-OH is 1. The van der Waals surface area contributed by atoms with Crippen molar-refractivity contribution >= 4 is 47.5 Å². The normalized spacial score (nSPS) is 17.1. The van der Waals surface area contributed by atoms with Gasteiger partial charge in [0.2, 0.25) is 17.7 Å². The number of carboxylic acids is 4. The maximum atomic E-state index is 13.1. The zero-order valence-corrected chi connectivity index (χ0v) is 36.6. The van der Waals surface area contributed by atoms with Gasteiger partial charge in [0.1, 0.15) is 36.3 Å². The molecule has 1 heterocycles. The van der Waals surface area contributed by atoms with E-state index in [0.717, 1.165) is 12.0 Å². The molecule has 350 valence electrons. The zero-order chi connectivity index (χ0) is 47.3. The first-order valence-corrected chi connectivity index (χ1v) is 21.1. The van der Waals surface area contributed by atoms with Crippen molar-refractivity contribution in [2.75, 3.05) is 13.1 Å². The molecular formula is C42H69N7O13. The number of hydrogen-bond acceptors (Lipinski definition) is 12. The average Bonchev–Trinajstić information content (AvgIpc) is 3.69. The first-order chi connectivity index (χ1) is 29.0. The van der Waals surface area contributed by atoms with E-state index < -0.39 is 108 Å². The summed E-state index contributed by atoms with van der Waals surface area (Å²) in [5, 5.41) is 57.3. The Morgan fingerprint density at radius 2 is 1.29 bits per heavy atom. The first-order valence-electron chi connectivity index (χ1n) is 21.1. The molecule has 8 atom stereocenters. The maximum Gasteiger partial charge on any atom is 0.326 e. The number of aliphatic hydroxyl groups is 1. The molecule has 62 heavy (non-hydrogen) atoms. The molecule has 1 aliphatic heterocycles. The Labute approximate surface area is 362 Å². The maximum absolute atomic E-state index is 13.1. The fourth-order valence-corrected chi connectivity index (χ4v) is 6.79. The molecule has 1 saturated heterocycles. The van der Waals surface area contributed by atoms with Crippen molar-refractivity contribution in [2.24, 2.45) is 29.2 Å². The van der Waals surface area contributed by atoms with Crippen LogP contribution in [0.15, 0.2) is 30.3 Å². The van der Waals surface area contributed by atoms with Crippen LogP contribution in [0.3, 0.4) is 0 Å². The lowest BCUT2D eigenvalue weighted by molar-refractivity contribution is -0.149. The minimum atomic E-state index is -1.67. The number of carbonyl (C=O) groups is 8. The summed E-state index contributed by atoms with van der Waals surface area (Å²) in [4.78, 5) is 97.7. The van der Waals surface area contributed by atoms with Crippen molar-refractivity contribution < 1.29 is 63.9 Å². The molecule has 1 aromatic rings. The number of carbonyl (C=O) groups excluding carboxylic acids is 4. The lowest BCUT2D eigenvalue weighted by Crippen LogP contribution is -2.60. The molecule has 0 saturated carbocycles. The van der Waals surface area contributed by atoms with Crippen molar-refractivity contribution in [1.82, 2.24) is 26.2 Å². The quantitative estimate of drug-likeness (QED) is 0.0557. The molecule has 0 bridgehead atoms. The highest BCUT2D eigenvalue weighted by atomic mass is 16.4. The monoisotopic (exact) mass is 879 g/mol. The number of nitrogens with zero attached hydrogens (tertiary/aromatic N) is 1. The Bertz CT molecular complexity index is 1630. The van der Waals surface area contributed by atoms with Crippen LogP contribution >= 0.6 is 0 Å². The minimum absolute atomic E-state index is 0.146. The van der Waals surface area contributed by atoms with E-state index >= 15 is 0 Å². The fourth-order valence-electron chi connectivity index (χ4n) is 6.79. The van der Waals surface area contributed by atoms with Crippen LogP contribution in [0.25, 0.3) is 0 Å². The summed E-state index contributed by atoms with van der Waals surface area (Å²) in [7, 11) is 0. The van der Waals surface area contributed by atoms with E-state index in [1.807, 2.05) is 44.2 Å². The molecule has 0 spiro atoms. The Kier molecular flexibility index (Phi) is 24.5. The minimum Gasteiger partial charge on any atom is -0.481 e. The number of nitrogens with two attached hydrogens (primary N) is 2. The van der Waals surface area contributed by atoms with Crippen molar-refractivity contribution in [3.8, 4) is 0 Å². The molecule has 20 heteroatoms. The highest BCUT2D eigenvalue weighted by Crippen LogP contribution is 2.21. The van der Waals surface area contributed by atoms with E-state index in [2.05, 4.69) is 21.3 Å². The molecule has 2 rings (SSSR count). The van der Waals surface area contributed by atoms with Crippen molar-refractivity contribution in [1.29, 1.82) is 0 Å². The number of hydrogen-bond donors (Lipinski definition) is 11. The molecule has 4 amide bonds. The molecule has 20 nitrogen and oxygen atoms in total. The predicted molar refractivity (Wildman–Crippen MR) is 227 cm³/mol. The highest BCUT2D eigenvalue weighted by molar-refractivity contribution is 5.95. The van der Waals surface area contributed by atoms with E-state index in [1.54, 1.807) is 27.7 Å². The third-order valence-corrected chi connectivity index (χ3v) is 10.2. The van der Waals surface area contributed by atoms with Gasteiger partial charge in [-0.25, -0.2) is 9.59 Å². The van der Waals surface area contributed by atoms with Gasteiger partial charge in [0, 0.05) is 12.6 Å².